The zero-order valence-electron chi connectivity index (χ0n) is 12.5. The number of aromatic nitrogens is 2. The van der Waals surface area contributed by atoms with Crippen molar-refractivity contribution in [3.63, 3.8) is 0 Å². The van der Waals surface area contributed by atoms with Crippen molar-refractivity contribution in [3.8, 4) is 16.5 Å². The van der Waals surface area contributed by atoms with Gasteiger partial charge in [0.25, 0.3) is 0 Å². The monoisotopic (exact) mass is 329 g/mol. The zero-order valence-corrected chi connectivity index (χ0v) is 13.3. The molecule has 0 aliphatic carbocycles. The Morgan fingerprint density at radius 3 is 2.96 bits per heavy atom. The van der Waals surface area contributed by atoms with Crippen molar-refractivity contribution in [2.45, 2.75) is 13.0 Å². The highest BCUT2D eigenvalue weighted by atomic mass is 32.1. The van der Waals surface area contributed by atoms with Crippen molar-refractivity contribution in [1.29, 1.82) is 0 Å². The van der Waals surface area contributed by atoms with E-state index in [1.807, 2.05) is 41.8 Å². The van der Waals surface area contributed by atoms with Gasteiger partial charge in [-0.2, -0.15) is 4.98 Å². The van der Waals surface area contributed by atoms with E-state index in [0.717, 1.165) is 10.4 Å². The molecular formula is C16H15N3O3S. The Bertz CT molecular complexity index is 783. The topological polar surface area (TPSA) is 77.2 Å². The van der Waals surface area contributed by atoms with Gasteiger partial charge >= 0.3 is 0 Å². The molecule has 0 radical (unpaired) electrons. The summed E-state index contributed by atoms with van der Waals surface area (Å²) in [6, 6.07) is 11.3. The van der Waals surface area contributed by atoms with Gasteiger partial charge in [-0.1, -0.05) is 29.4 Å². The average Bonchev–Trinajstić information content (AvgIpc) is 3.24. The lowest BCUT2D eigenvalue weighted by Gasteiger charge is -2.07. The smallest absolute Gasteiger partial charge is 0.246 e. The number of thiophene rings is 1. The number of nitrogens with one attached hydrogen (secondary N) is 1. The molecule has 2 heterocycles. The van der Waals surface area contributed by atoms with Gasteiger partial charge in [-0.3, -0.25) is 4.79 Å². The number of para-hydroxylation sites is 1. The summed E-state index contributed by atoms with van der Waals surface area (Å²) in [5.74, 6) is 1.47. The summed E-state index contributed by atoms with van der Waals surface area (Å²) in [5, 5.41) is 8.62. The van der Waals surface area contributed by atoms with Gasteiger partial charge in [0.15, 0.2) is 0 Å². The molecule has 23 heavy (non-hydrogen) atoms. The first kappa shape index (κ1) is 15.2. The molecule has 0 unspecified atom stereocenters. The fraction of sp³-hybridized carbons (Fsp3) is 0.188. The third kappa shape index (κ3) is 3.75. The van der Waals surface area contributed by atoms with Crippen LogP contribution in [0.3, 0.4) is 0 Å². The number of nitrogens with zero attached hydrogens (tertiary/aromatic N) is 2. The Kier molecular flexibility index (Phi) is 4.68. The van der Waals surface area contributed by atoms with Crippen molar-refractivity contribution in [2.24, 2.45) is 0 Å². The number of methoxy groups -OCH3 is 1. The second-order valence-electron chi connectivity index (χ2n) is 4.75. The Morgan fingerprint density at radius 2 is 2.17 bits per heavy atom. The van der Waals surface area contributed by atoms with E-state index in [9.17, 15) is 4.79 Å². The minimum Gasteiger partial charge on any atom is -0.496 e. The van der Waals surface area contributed by atoms with Gasteiger partial charge in [-0.05, 0) is 17.5 Å². The molecule has 2 aromatic heterocycles. The molecular weight excluding hydrogens is 314 g/mol. The maximum Gasteiger partial charge on any atom is 0.246 e. The summed E-state index contributed by atoms with van der Waals surface area (Å²) in [6.07, 6.45) is 0.232. The molecule has 1 amide bonds. The van der Waals surface area contributed by atoms with Crippen molar-refractivity contribution >= 4 is 17.2 Å². The number of amides is 1. The lowest BCUT2D eigenvalue weighted by Crippen LogP contribution is -2.24. The summed E-state index contributed by atoms with van der Waals surface area (Å²) in [6.45, 7) is 0.201. The molecule has 0 bridgehead atoms. The lowest BCUT2D eigenvalue weighted by molar-refractivity contribution is -0.120. The number of hydrogen-bond donors (Lipinski definition) is 1. The number of benzene rings is 1. The zero-order chi connectivity index (χ0) is 16.1. The quantitative estimate of drug-likeness (QED) is 0.752. The number of carbonyl (C=O) groups excluding carboxylic acids is 1. The largest absolute Gasteiger partial charge is 0.496 e. The number of rotatable bonds is 6. The summed E-state index contributed by atoms with van der Waals surface area (Å²) in [4.78, 5) is 17.2. The van der Waals surface area contributed by atoms with E-state index in [2.05, 4.69) is 15.5 Å². The van der Waals surface area contributed by atoms with Crippen molar-refractivity contribution in [2.75, 3.05) is 7.11 Å². The van der Waals surface area contributed by atoms with Gasteiger partial charge in [0.05, 0.1) is 25.0 Å². The SMILES string of the molecule is COc1ccccc1CC(=O)NCc1nc(-c2cccs2)no1. The van der Waals surface area contributed by atoms with Crippen LogP contribution in [0.5, 0.6) is 5.75 Å². The maximum atomic E-state index is 12.0. The normalized spacial score (nSPS) is 10.5. The maximum absolute atomic E-state index is 12.0. The molecule has 0 fully saturated rings. The number of ether oxygens (including phenoxy) is 1. The van der Waals surface area contributed by atoms with Gasteiger partial charge < -0.3 is 14.6 Å². The minimum absolute atomic E-state index is 0.134. The van der Waals surface area contributed by atoms with Crippen LogP contribution in [-0.2, 0) is 17.8 Å². The Hall–Kier alpha value is -2.67. The highest BCUT2D eigenvalue weighted by Gasteiger charge is 2.12. The van der Waals surface area contributed by atoms with E-state index >= 15 is 0 Å². The Labute approximate surface area is 137 Å². The molecule has 3 aromatic rings. The minimum atomic E-state index is -0.134. The van der Waals surface area contributed by atoms with Gasteiger partial charge in [-0.15, -0.1) is 11.3 Å². The van der Waals surface area contributed by atoms with Crippen LogP contribution in [0.25, 0.3) is 10.7 Å². The van der Waals surface area contributed by atoms with Gasteiger partial charge in [0.1, 0.15) is 5.75 Å². The van der Waals surface area contributed by atoms with Crippen LogP contribution in [-0.4, -0.2) is 23.2 Å². The van der Waals surface area contributed by atoms with E-state index < -0.39 is 0 Å². The molecule has 1 aromatic carbocycles. The van der Waals surface area contributed by atoms with Crippen molar-refractivity contribution in [3.05, 3.63) is 53.2 Å². The summed E-state index contributed by atoms with van der Waals surface area (Å²) in [5.41, 5.74) is 0.831. The van der Waals surface area contributed by atoms with E-state index in [0.29, 0.717) is 17.5 Å². The van der Waals surface area contributed by atoms with Gasteiger partial charge in [-0.25, -0.2) is 0 Å². The first-order valence-corrected chi connectivity index (χ1v) is 7.89. The third-order valence-electron chi connectivity index (χ3n) is 3.19. The van der Waals surface area contributed by atoms with Crippen LogP contribution in [0.1, 0.15) is 11.5 Å². The second-order valence-corrected chi connectivity index (χ2v) is 5.70. The molecule has 0 aliphatic heterocycles. The predicted octanol–water partition coefficient (Wildman–Crippen LogP) is 2.67. The molecule has 1 N–H and O–H groups in total. The fourth-order valence-electron chi connectivity index (χ4n) is 2.09. The van der Waals surface area contributed by atoms with Gasteiger partial charge in [0, 0.05) is 5.56 Å². The van der Waals surface area contributed by atoms with Gasteiger partial charge in [0.2, 0.25) is 17.6 Å². The van der Waals surface area contributed by atoms with Crippen LogP contribution in [0.15, 0.2) is 46.3 Å². The highest BCUT2D eigenvalue weighted by Crippen LogP contribution is 2.21. The van der Waals surface area contributed by atoms with Crippen molar-refractivity contribution in [1.82, 2.24) is 15.5 Å². The number of carbonyl (C=O) groups is 1. The Balaban J connectivity index is 1.57. The van der Waals surface area contributed by atoms with Crippen molar-refractivity contribution < 1.29 is 14.1 Å². The molecule has 118 valence electrons. The van der Waals surface area contributed by atoms with E-state index in [1.54, 1.807) is 7.11 Å². The molecule has 0 saturated carbocycles. The first-order chi connectivity index (χ1) is 11.3. The molecule has 0 spiro atoms. The molecule has 0 aliphatic rings. The summed E-state index contributed by atoms with van der Waals surface area (Å²) >= 11 is 1.53. The molecule has 6 nitrogen and oxygen atoms in total. The molecule has 0 atom stereocenters. The summed E-state index contributed by atoms with van der Waals surface area (Å²) < 4.78 is 10.4. The average molecular weight is 329 g/mol. The third-order valence-corrected chi connectivity index (χ3v) is 4.06. The predicted molar refractivity (Wildman–Crippen MR) is 86.2 cm³/mol. The number of hydrogen-bond acceptors (Lipinski definition) is 6. The van der Waals surface area contributed by atoms with E-state index in [1.165, 1.54) is 11.3 Å². The van der Waals surface area contributed by atoms with E-state index in [-0.39, 0.29) is 18.9 Å². The van der Waals surface area contributed by atoms with Crippen LogP contribution in [0.2, 0.25) is 0 Å². The second kappa shape index (κ2) is 7.06. The van der Waals surface area contributed by atoms with Crippen LogP contribution >= 0.6 is 11.3 Å². The standard InChI is InChI=1S/C16H15N3O3S/c1-21-12-6-3-2-5-11(12)9-14(20)17-10-15-18-16(19-22-15)13-7-4-8-23-13/h2-8H,9-10H2,1H3,(H,17,20). The lowest BCUT2D eigenvalue weighted by atomic mass is 10.1. The fourth-order valence-corrected chi connectivity index (χ4v) is 2.74. The Morgan fingerprint density at radius 1 is 1.30 bits per heavy atom. The highest BCUT2D eigenvalue weighted by molar-refractivity contribution is 7.13. The molecule has 7 heteroatoms. The van der Waals surface area contributed by atoms with Crippen LogP contribution in [0.4, 0.5) is 0 Å². The molecule has 3 rings (SSSR count). The molecule has 0 saturated heterocycles. The van der Waals surface area contributed by atoms with Crippen LogP contribution in [0, 0.1) is 0 Å². The van der Waals surface area contributed by atoms with E-state index in [4.69, 9.17) is 9.26 Å². The summed E-state index contributed by atoms with van der Waals surface area (Å²) in [7, 11) is 1.58. The van der Waals surface area contributed by atoms with Crippen LogP contribution < -0.4 is 10.1 Å². The first-order valence-electron chi connectivity index (χ1n) is 7.01.